The van der Waals surface area contributed by atoms with Crippen LogP contribution in [0.5, 0.6) is 0 Å². The first-order valence-electron chi connectivity index (χ1n) is 6.91. The molecule has 2 aromatic rings. The highest BCUT2D eigenvalue weighted by Crippen LogP contribution is 2.29. The second-order valence-corrected chi connectivity index (χ2v) is 4.98. The molecule has 1 aromatic heterocycles. The lowest BCUT2D eigenvalue weighted by Crippen LogP contribution is -2.14. The molecule has 0 bridgehead atoms. The molecule has 6 heteroatoms. The predicted molar refractivity (Wildman–Crippen MR) is 77.4 cm³/mol. The first-order chi connectivity index (χ1) is 10.9. The monoisotopic (exact) mass is 318 g/mol. The molecule has 0 spiro atoms. The molecule has 0 radical (unpaired) electrons. The number of halogens is 3. The molecule has 0 fully saturated rings. The molecule has 0 saturated carbocycles. The maximum atomic E-state index is 12.5. The number of Topliss-reactive ketones (excluding diaryl/α,β-unsaturated/α-hetero) is 1. The second kappa shape index (κ2) is 7.05. The standard InChI is InChI=1S/C17H13F3N2O/c18-17(19,20)13-7-8-15(22-11-13)14(10-21)16(23)9-6-12-4-2-1-3-5-12/h1-5,7-8,11,14H,6,9H2. The van der Waals surface area contributed by atoms with E-state index in [1.807, 2.05) is 36.4 Å². The average Bonchev–Trinajstić information content (AvgIpc) is 2.54. The number of carbonyl (C=O) groups is 1. The third kappa shape index (κ3) is 4.39. The van der Waals surface area contributed by atoms with Crippen LogP contribution in [0.15, 0.2) is 48.7 Å². The molecule has 3 nitrogen and oxygen atoms in total. The zero-order valence-electron chi connectivity index (χ0n) is 12.0. The molecule has 23 heavy (non-hydrogen) atoms. The van der Waals surface area contributed by atoms with Crippen LogP contribution in [0.25, 0.3) is 0 Å². The van der Waals surface area contributed by atoms with Crippen LogP contribution in [0.4, 0.5) is 13.2 Å². The van der Waals surface area contributed by atoms with E-state index in [0.717, 1.165) is 17.7 Å². The molecule has 0 N–H and O–H groups in total. The molecule has 0 aliphatic rings. The van der Waals surface area contributed by atoms with Gasteiger partial charge in [0.1, 0.15) is 5.92 Å². The van der Waals surface area contributed by atoms with Gasteiger partial charge in [-0.2, -0.15) is 18.4 Å². The number of alkyl halides is 3. The van der Waals surface area contributed by atoms with Crippen molar-refractivity contribution in [1.82, 2.24) is 4.98 Å². The fraction of sp³-hybridized carbons (Fsp3) is 0.235. The summed E-state index contributed by atoms with van der Waals surface area (Å²) in [4.78, 5) is 15.8. The Hall–Kier alpha value is -2.68. The van der Waals surface area contributed by atoms with E-state index < -0.39 is 17.7 Å². The van der Waals surface area contributed by atoms with Crippen LogP contribution in [0.2, 0.25) is 0 Å². The number of pyridine rings is 1. The molecule has 0 amide bonds. The third-order valence-corrected chi connectivity index (χ3v) is 3.36. The average molecular weight is 318 g/mol. The molecule has 1 aromatic carbocycles. The Morgan fingerprint density at radius 2 is 1.87 bits per heavy atom. The van der Waals surface area contributed by atoms with Crippen LogP contribution in [-0.4, -0.2) is 10.8 Å². The van der Waals surface area contributed by atoms with Crippen LogP contribution in [-0.2, 0) is 17.4 Å². The number of aryl methyl sites for hydroxylation is 1. The van der Waals surface area contributed by atoms with Crippen molar-refractivity contribution in [2.45, 2.75) is 24.9 Å². The van der Waals surface area contributed by atoms with Crippen molar-refractivity contribution in [2.24, 2.45) is 0 Å². The van der Waals surface area contributed by atoms with E-state index in [-0.39, 0.29) is 17.9 Å². The minimum Gasteiger partial charge on any atom is -0.298 e. The van der Waals surface area contributed by atoms with Gasteiger partial charge in [0.15, 0.2) is 5.78 Å². The number of rotatable bonds is 5. The van der Waals surface area contributed by atoms with Crippen molar-refractivity contribution in [3.05, 3.63) is 65.5 Å². The van der Waals surface area contributed by atoms with Gasteiger partial charge in [0.25, 0.3) is 0 Å². The molecule has 0 aliphatic heterocycles. The number of aromatic nitrogens is 1. The Kier molecular flexibility index (Phi) is 5.12. The smallest absolute Gasteiger partial charge is 0.298 e. The summed E-state index contributed by atoms with van der Waals surface area (Å²) in [7, 11) is 0. The van der Waals surface area contributed by atoms with Gasteiger partial charge in [-0.15, -0.1) is 0 Å². The van der Waals surface area contributed by atoms with Gasteiger partial charge < -0.3 is 0 Å². The maximum Gasteiger partial charge on any atom is 0.417 e. The van der Waals surface area contributed by atoms with Crippen molar-refractivity contribution in [1.29, 1.82) is 5.26 Å². The first kappa shape index (κ1) is 16.7. The highest BCUT2D eigenvalue weighted by molar-refractivity contribution is 5.88. The number of carbonyl (C=O) groups excluding carboxylic acids is 1. The Bertz CT molecular complexity index is 703. The summed E-state index contributed by atoms with van der Waals surface area (Å²) in [6.45, 7) is 0. The number of nitrogens with zero attached hydrogens (tertiary/aromatic N) is 2. The van der Waals surface area contributed by atoms with Crippen molar-refractivity contribution >= 4 is 5.78 Å². The van der Waals surface area contributed by atoms with Crippen LogP contribution >= 0.6 is 0 Å². The summed E-state index contributed by atoms with van der Waals surface area (Å²) < 4.78 is 37.5. The van der Waals surface area contributed by atoms with Gasteiger partial charge in [0.05, 0.1) is 17.3 Å². The van der Waals surface area contributed by atoms with Crippen LogP contribution < -0.4 is 0 Å². The minimum absolute atomic E-state index is 0.0403. The van der Waals surface area contributed by atoms with Gasteiger partial charge in [0.2, 0.25) is 0 Å². The maximum absolute atomic E-state index is 12.5. The van der Waals surface area contributed by atoms with E-state index in [2.05, 4.69) is 4.98 Å². The fourth-order valence-corrected chi connectivity index (χ4v) is 2.10. The summed E-state index contributed by atoms with van der Waals surface area (Å²) in [5, 5.41) is 9.14. The minimum atomic E-state index is -4.50. The predicted octanol–water partition coefficient (Wildman–Crippen LogP) is 3.91. The highest BCUT2D eigenvalue weighted by atomic mass is 19.4. The van der Waals surface area contributed by atoms with Crippen LogP contribution in [0.1, 0.15) is 29.2 Å². The molecule has 1 atom stereocenters. The topological polar surface area (TPSA) is 53.8 Å². The van der Waals surface area contributed by atoms with E-state index in [9.17, 15) is 18.0 Å². The largest absolute Gasteiger partial charge is 0.417 e. The van der Waals surface area contributed by atoms with Crippen LogP contribution in [0, 0.1) is 11.3 Å². The Morgan fingerprint density at radius 3 is 2.39 bits per heavy atom. The number of ketones is 1. The van der Waals surface area contributed by atoms with Gasteiger partial charge in [0, 0.05) is 12.6 Å². The van der Waals surface area contributed by atoms with E-state index in [1.165, 1.54) is 0 Å². The lowest BCUT2D eigenvalue weighted by molar-refractivity contribution is -0.137. The van der Waals surface area contributed by atoms with Crippen molar-refractivity contribution < 1.29 is 18.0 Å². The molecule has 0 saturated heterocycles. The summed E-state index contributed by atoms with van der Waals surface area (Å²) in [5.41, 5.74) is 0.0890. The van der Waals surface area contributed by atoms with Crippen molar-refractivity contribution in [3.63, 3.8) is 0 Å². The Balaban J connectivity index is 2.07. The highest BCUT2D eigenvalue weighted by Gasteiger charge is 2.31. The van der Waals surface area contributed by atoms with Gasteiger partial charge >= 0.3 is 6.18 Å². The lowest BCUT2D eigenvalue weighted by Gasteiger charge is -2.10. The van der Waals surface area contributed by atoms with E-state index >= 15 is 0 Å². The molecular weight excluding hydrogens is 305 g/mol. The summed E-state index contributed by atoms with van der Waals surface area (Å²) in [5.74, 6) is -1.51. The van der Waals surface area contributed by atoms with Crippen molar-refractivity contribution in [2.75, 3.05) is 0 Å². The van der Waals surface area contributed by atoms with E-state index in [1.54, 1.807) is 0 Å². The zero-order valence-corrected chi connectivity index (χ0v) is 12.0. The van der Waals surface area contributed by atoms with Gasteiger partial charge in [-0.3, -0.25) is 9.78 Å². The number of nitriles is 1. The van der Waals surface area contributed by atoms with Crippen molar-refractivity contribution in [3.8, 4) is 6.07 Å². The third-order valence-electron chi connectivity index (χ3n) is 3.36. The van der Waals surface area contributed by atoms with E-state index in [4.69, 9.17) is 5.26 Å². The molecule has 1 unspecified atom stereocenters. The number of benzene rings is 1. The first-order valence-corrected chi connectivity index (χ1v) is 6.91. The molecule has 0 aliphatic carbocycles. The lowest BCUT2D eigenvalue weighted by atomic mass is 9.95. The second-order valence-electron chi connectivity index (χ2n) is 4.98. The Labute approximate surface area is 131 Å². The molecule has 2 rings (SSSR count). The Morgan fingerprint density at radius 1 is 1.17 bits per heavy atom. The number of hydrogen-bond donors (Lipinski definition) is 0. The normalized spacial score (nSPS) is 12.4. The molecule has 118 valence electrons. The molecule has 1 heterocycles. The van der Waals surface area contributed by atoms with Crippen LogP contribution in [0.3, 0.4) is 0 Å². The summed E-state index contributed by atoms with van der Waals surface area (Å²) in [6.07, 6.45) is -3.25. The summed E-state index contributed by atoms with van der Waals surface area (Å²) in [6, 6.07) is 13.0. The van der Waals surface area contributed by atoms with Gasteiger partial charge in [-0.05, 0) is 24.1 Å². The SMILES string of the molecule is N#CC(C(=O)CCc1ccccc1)c1ccc(C(F)(F)F)cn1. The number of hydrogen-bond acceptors (Lipinski definition) is 3. The van der Waals surface area contributed by atoms with Gasteiger partial charge in [-0.25, -0.2) is 0 Å². The quantitative estimate of drug-likeness (QED) is 0.840. The zero-order chi connectivity index (χ0) is 16.9. The van der Waals surface area contributed by atoms with Gasteiger partial charge in [-0.1, -0.05) is 30.3 Å². The van der Waals surface area contributed by atoms with E-state index in [0.29, 0.717) is 12.6 Å². The fourth-order valence-electron chi connectivity index (χ4n) is 2.10. The summed E-state index contributed by atoms with van der Waals surface area (Å²) >= 11 is 0. The molecular formula is C17H13F3N2O.